The zero-order chi connectivity index (χ0) is 33.0. The van der Waals surface area contributed by atoms with Gasteiger partial charge in [-0.2, -0.15) is 0 Å². The van der Waals surface area contributed by atoms with E-state index in [0.29, 0.717) is 44.1 Å². The van der Waals surface area contributed by atoms with Crippen LogP contribution >= 0.6 is 11.3 Å². The van der Waals surface area contributed by atoms with E-state index in [1.54, 1.807) is 30.6 Å². The Morgan fingerprint density at radius 1 is 0.896 bits per heavy atom. The molecule has 1 saturated heterocycles. The fraction of sp³-hybridized carbons (Fsp3) is 0.270. The lowest BCUT2D eigenvalue weighted by Gasteiger charge is -2.29. The molecule has 10 nitrogen and oxygen atoms in total. The van der Waals surface area contributed by atoms with Crippen LogP contribution in [0.2, 0.25) is 0 Å². The third-order valence-electron chi connectivity index (χ3n) is 8.60. The van der Waals surface area contributed by atoms with E-state index in [2.05, 4.69) is 46.7 Å². The van der Waals surface area contributed by atoms with Crippen LogP contribution < -0.4 is 14.8 Å². The molecule has 4 heterocycles. The van der Waals surface area contributed by atoms with Gasteiger partial charge in [-0.1, -0.05) is 30.3 Å². The summed E-state index contributed by atoms with van der Waals surface area (Å²) in [4.78, 5) is 47.6. The van der Waals surface area contributed by atoms with E-state index < -0.39 is 11.9 Å². The van der Waals surface area contributed by atoms with Crippen molar-refractivity contribution in [2.24, 2.45) is 0 Å². The highest BCUT2D eigenvalue weighted by Crippen LogP contribution is 2.34. The molecule has 2 aromatic heterocycles. The molecular weight excluding hydrogens is 628 g/mol. The lowest BCUT2D eigenvalue weighted by Crippen LogP contribution is -2.52. The number of carbonyl (C=O) groups excluding carboxylic acids is 3. The standard InChI is InChI=1S/C37H34N4O6S/c1-45-28-11-13-31-33(20-28)48-36(39-31)24-6-4-23(5-7-24)25-8-9-27(38-21-25)3-2-16-46-17-18-47-29-10-12-30-26(19-29)22-41(37(30)44)32-14-15-34(42)40-35(32)43/h4-13,19-21,32H,2-3,14-18,22H2,1H3,(H,40,42,43). The van der Waals surface area contributed by atoms with E-state index in [9.17, 15) is 14.4 Å². The second-order valence-corrected chi connectivity index (χ2v) is 12.8. The summed E-state index contributed by atoms with van der Waals surface area (Å²) in [7, 11) is 1.67. The van der Waals surface area contributed by atoms with Gasteiger partial charge in [0.2, 0.25) is 11.8 Å². The molecule has 1 N–H and O–H groups in total. The van der Waals surface area contributed by atoms with Gasteiger partial charge in [-0.3, -0.25) is 24.7 Å². The normalized spacial score (nSPS) is 15.9. The van der Waals surface area contributed by atoms with Gasteiger partial charge in [0.25, 0.3) is 5.91 Å². The maximum absolute atomic E-state index is 12.9. The molecule has 1 unspecified atom stereocenters. The first-order valence-corrected chi connectivity index (χ1v) is 16.8. The fourth-order valence-corrected chi connectivity index (χ4v) is 7.02. The number of imide groups is 1. The van der Waals surface area contributed by atoms with Crippen LogP contribution in [0.15, 0.2) is 79.0 Å². The van der Waals surface area contributed by atoms with Gasteiger partial charge in [-0.15, -0.1) is 11.3 Å². The van der Waals surface area contributed by atoms with Gasteiger partial charge in [0.1, 0.15) is 29.2 Å². The number of aromatic nitrogens is 2. The van der Waals surface area contributed by atoms with E-state index in [-0.39, 0.29) is 18.2 Å². The van der Waals surface area contributed by atoms with Crippen LogP contribution in [0.3, 0.4) is 0 Å². The zero-order valence-corrected chi connectivity index (χ0v) is 27.3. The van der Waals surface area contributed by atoms with Gasteiger partial charge < -0.3 is 19.1 Å². The molecule has 11 heteroatoms. The minimum Gasteiger partial charge on any atom is -0.497 e. The third-order valence-corrected chi connectivity index (χ3v) is 9.67. The lowest BCUT2D eigenvalue weighted by molar-refractivity contribution is -0.136. The number of pyridine rings is 1. The number of piperidine rings is 1. The first-order valence-electron chi connectivity index (χ1n) is 15.9. The number of rotatable bonds is 12. The van der Waals surface area contributed by atoms with Crippen LogP contribution in [0, 0.1) is 0 Å². The molecule has 0 saturated carbocycles. The maximum atomic E-state index is 12.9. The smallest absolute Gasteiger partial charge is 0.255 e. The van der Waals surface area contributed by atoms with Crippen LogP contribution in [0.4, 0.5) is 0 Å². The summed E-state index contributed by atoms with van der Waals surface area (Å²) < 4.78 is 18.1. The van der Waals surface area contributed by atoms with Gasteiger partial charge >= 0.3 is 0 Å². The third kappa shape index (κ3) is 6.78. The Morgan fingerprint density at radius 2 is 1.71 bits per heavy atom. The number of hydrogen-bond acceptors (Lipinski definition) is 9. The second-order valence-electron chi connectivity index (χ2n) is 11.8. The Morgan fingerprint density at radius 3 is 2.50 bits per heavy atom. The van der Waals surface area contributed by atoms with Gasteiger partial charge in [0.05, 0.1) is 23.9 Å². The maximum Gasteiger partial charge on any atom is 0.255 e. The Balaban J connectivity index is 0.829. The molecule has 244 valence electrons. The lowest BCUT2D eigenvalue weighted by atomic mass is 10.0. The SMILES string of the molecule is COc1ccc2nc(-c3ccc(-c4ccc(CCCOCCOc5ccc6c(c5)CN(C5CCC(=O)NC5=O)C6=O)nc4)cc3)sc2c1. The van der Waals surface area contributed by atoms with Crippen molar-refractivity contribution in [3.05, 3.63) is 95.8 Å². The molecule has 0 bridgehead atoms. The Bertz CT molecular complexity index is 1970. The minimum atomic E-state index is -0.631. The Kier molecular flexibility index (Phi) is 9.13. The molecule has 0 radical (unpaired) electrons. The summed E-state index contributed by atoms with van der Waals surface area (Å²) >= 11 is 1.65. The molecule has 7 rings (SSSR count). The molecule has 3 amide bonds. The van der Waals surface area contributed by atoms with Gasteiger partial charge in [0.15, 0.2) is 0 Å². The van der Waals surface area contributed by atoms with Crippen molar-refractivity contribution < 1.29 is 28.6 Å². The Hall–Kier alpha value is -5.13. The van der Waals surface area contributed by atoms with Crippen molar-refractivity contribution in [1.82, 2.24) is 20.2 Å². The first kappa shape index (κ1) is 31.5. The average molecular weight is 663 g/mol. The first-order chi connectivity index (χ1) is 23.4. The number of hydrogen-bond donors (Lipinski definition) is 1. The second kappa shape index (κ2) is 13.9. The number of amides is 3. The van der Waals surface area contributed by atoms with Crippen LogP contribution in [-0.2, 0) is 27.3 Å². The molecule has 2 aliphatic rings. The van der Waals surface area contributed by atoms with Crippen molar-refractivity contribution in [3.63, 3.8) is 0 Å². The van der Waals surface area contributed by atoms with E-state index in [1.807, 2.05) is 30.5 Å². The number of nitrogens with one attached hydrogen (secondary N) is 1. The van der Waals surface area contributed by atoms with Crippen LogP contribution in [0.1, 0.15) is 40.9 Å². The number of methoxy groups -OCH3 is 1. The van der Waals surface area contributed by atoms with Crippen LogP contribution in [0.25, 0.3) is 31.9 Å². The predicted molar refractivity (Wildman–Crippen MR) is 182 cm³/mol. The molecule has 2 aliphatic heterocycles. The summed E-state index contributed by atoms with van der Waals surface area (Å²) in [5.41, 5.74) is 6.60. The number of ether oxygens (including phenoxy) is 3. The largest absolute Gasteiger partial charge is 0.497 e. The number of thiazole rings is 1. The highest BCUT2D eigenvalue weighted by Gasteiger charge is 2.39. The zero-order valence-electron chi connectivity index (χ0n) is 26.4. The molecule has 1 fully saturated rings. The molecule has 0 aliphatic carbocycles. The van der Waals surface area contributed by atoms with Crippen LogP contribution in [0.5, 0.6) is 11.5 Å². The van der Waals surface area contributed by atoms with Gasteiger partial charge in [-0.05, 0) is 72.9 Å². The number of fused-ring (bicyclic) bond motifs is 2. The predicted octanol–water partition coefficient (Wildman–Crippen LogP) is 5.82. The average Bonchev–Trinajstić information content (AvgIpc) is 3.68. The van der Waals surface area contributed by atoms with E-state index in [1.165, 1.54) is 4.90 Å². The summed E-state index contributed by atoms with van der Waals surface area (Å²) in [5.74, 6) is 0.563. The number of benzene rings is 3. The molecule has 48 heavy (non-hydrogen) atoms. The highest BCUT2D eigenvalue weighted by atomic mass is 32.1. The quantitative estimate of drug-likeness (QED) is 0.131. The van der Waals surface area contributed by atoms with Crippen molar-refractivity contribution in [2.75, 3.05) is 26.9 Å². The topological polar surface area (TPSA) is 120 Å². The number of nitrogens with zero attached hydrogens (tertiary/aromatic N) is 3. The fourth-order valence-electron chi connectivity index (χ4n) is 6.02. The van der Waals surface area contributed by atoms with Crippen molar-refractivity contribution in [1.29, 1.82) is 0 Å². The highest BCUT2D eigenvalue weighted by molar-refractivity contribution is 7.21. The summed E-state index contributed by atoms with van der Waals surface area (Å²) in [6.45, 7) is 1.72. The monoisotopic (exact) mass is 662 g/mol. The van der Waals surface area contributed by atoms with Crippen molar-refractivity contribution in [2.45, 2.75) is 38.3 Å². The molecule has 0 spiro atoms. The van der Waals surface area contributed by atoms with E-state index in [0.717, 1.165) is 61.8 Å². The Labute approximate surface area is 281 Å². The van der Waals surface area contributed by atoms with Crippen LogP contribution in [-0.4, -0.2) is 65.6 Å². The van der Waals surface area contributed by atoms with Gasteiger partial charge in [-0.25, -0.2) is 4.98 Å². The number of aryl methyl sites for hydroxylation is 1. The minimum absolute atomic E-state index is 0.198. The summed E-state index contributed by atoms with van der Waals surface area (Å²) in [6.07, 6.45) is 4.13. The van der Waals surface area contributed by atoms with E-state index in [4.69, 9.17) is 19.2 Å². The molecular formula is C37H34N4O6S. The van der Waals surface area contributed by atoms with Crippen molar-refractivity contribution in [3.8, 4) is 33.2 Å². The molecule has 3 aromatic carbocycles. The molecule has 5 aromatic rings. The van der Waals surface area contributed by atoms with Crippen molar-refractivity contribution >= 4 is 39.3 Å². The van der Waals surface area contributed by atoms with Gasteiger partial charge in [0, 0.05) is 48.2 Å². The summed E-state index contributed by atoms with van der Waals surface area (Å²) in [5, 5.41) is 3.30. The summed E-state index contributed by atoms with van der Waals surface area (Å²) in [6, 6.07) is 23.2. The van der Waals surface area contributed by atoms with E-state index >= 15 is 0 Å². The number of carbonyl (C=O) groups is 3. The molecule has 1 atom stereocenters.